The zero-order valence-corrected chi connectivity index (χ0v) is 27.0. The molecule has 8 nitrogen and oxygen atoms in total. The number of ether oxygens (including phenoxy) is 2. The molecule has 1 aliphatic rings. The van der Waals surface area contributed by atoms with Crippen molar-refractivity contribution in [2.24, 2.45) is 0 Å². The van der Waals surface area contributed by atoms with Crippen LogP contribution in [0.25, 0.3) is 0 Å². The van der Waals surface area contributed by atoms with Crippen LogP contribution in [0.2, 0.25) is 0 Å². The summed E-state index contributed by atoms with van der Waals surface area (Å²) in [7, 11) is -4.79. The third-order valence-corrected chi connectivity index (χ3v) is 10.1. The maximum atomic E-state index is 15.3. The average molecular weight is 664 g/mol. The normalized spacial score (nSPS) is 18.4. The van der Waals surface area contributed by atoms with E-state index >= 15 is 8.78 Å². The van der Waals surface area contributed by atoms with Crippen molar-refractivity contribution in [2.75, 3.05) is 19.8 Å². The molecule has 246 valence electrons. The third-order valence-electron chi connectivity index (χ3n) is 7.97. The van der Waals surface area contributed by atoms with Crippen molar-refractivity contribution < 1.29 is 41.5 Å². The van der Waals surface area contributed by atoms with Crippen LogP contribution in [-0.4, -0.2) is 36.7 Å². The largest absolute Gasteiger partial charge is 0.453 e. The minimum atomic E-state index is -4.79. The van der Waals surface area contributed by atoms with Crippen LogP contribution in [0, 0.1) is 0 Å². The van der Waals surface area contributed by atoms with Crippen LogP contribution < -0.4 is 0 Å². The summed E-state index contributed by atoms with van der Waals surface area (Å²) >= 11 is 0. The molecule has 0 bridgehead atoms. The van der Waals surface area contributed by atoms with Gasteiger partial charge in [-0.3, -0.25) is 14.3 Å². The fraction of sp³-hybridized carbons (Fsp3) is 0.278. The summed E-state index contributed by atoms with van der Waals surface area (Å²) in [4.78, 5) is 28.6. The van der Waals surface area contributed by atoms with Gasteiger partial charge < -0.3 is 18.5 Å². The minimum absolute atomic E-state index is 0.217. The van der Waals surface area contributed by atoms with Gasteiger partial charge in [0.25, 0.3) is 0 Å². The van der Waals surface area contributed by atoms with Gasteiger partial charge in [-0.1, -0.05) is 115 Å². The quantitative estimate of drug-likeness (QED) is 0.111. The lowest BCUT2D eigenvalue weighted by Gasteiger charge is -2.50. The summed E-state index contributed by atoms with van der Waals surface area (Å²) in [5.74, 6) is -0.602. The van der Waals surface area contributed by atoms with Gasteiger partial charge in [0, 0.05) is 12.0 Å². The van der Waals surface area contributed by atoms with Crippen LogP contribution in [0.5, 0.6) is 0 Å². The molecule has 4 aromatic rings. The number of amides is 1. The zero-order chi connectivity index (χ0) is 33.5. The second kappa shape index (κ2) is 14.6. The molecule has 47 heavy (non-hydrogen) atoms. The Hall–Kier alpha value is -4.37. The van der Waals surface area contributed by atoms with E-state index in [9.17, 15) is 14.2 Å². The molecule has 0 N–H and O–H groups in total. The van der Waals surface area contributed by atoms with Gasteiger partial charge in [-0.05, 0) is 36.1 Å². The van der Waals surface area contributed by atoms with E-state index in [0.717, 1.165) is 23.3 Å². The van der Waals surface area contributed by atoms with Crippen LogP contribution in [0.15, 0.2) is 115 Å². The van der Waals surface area contributed by atoms with E-state index in [1.165, 1.54) is 30.9 Å². The number of carbonyl (C=O) groups is 2. The monoisotopic (exact) mass is 663 g/mol. The fourth-order valence-corrected chi connectivity index (χ4v) is 7.37. The Balaban J connectivity index is 1.48. The van der Waals surface area contributed by atoms with Gasteiger partial charge in [0.1, 0.15) is 18.7 Å². The van der Waals surface area contributed by atoms with E-state index in [4.69, 9.17) is 18.5 Å². The van der Waals surface area contributed by atoms with E-state index < -0.39 is 42.5 Å². The Morgan fingerprint density at radius 1 is 0.851 bits per heavy atom. The fourth-order valence-electron chi connectivity index (χ4n) is 5.83. The molecule has 0 saturated carbocycles. The number of carbonyl (C=O) groups excluding carboxylic acids is 2. The van der Waals surface area contributed by atoms with Gasteiger partial charge in [0.15, 0.2) is 6.10 Å². The highest BCUT2D eigenvalue weighted by atomic mass is 31.2. The number of nitrogens with zero attached hydrogens (tertiary/aromatic N) is 1. The summed E-state index contributed by atoms with van der Waals surface area (Å²) in [6.45, 7) is 1.82. The first-order valence-electron chi connectivity index (χ1n) is 15.3. The molecule has 0 radical (unpaired) electrons. The predicted octanol–water partition coefficient (Wildman–Crippen LogP) is 8.38. The van der Waals surface area contributed by atoms with E-state index in [1.807, 2.05) is 91.0 Å². The molecule has 5 rings (SSSR count). The van der Waals surface area contributed by atoms with Crippen LogP contribution >= 0.6 is 7.60 Å². The van der Waals surface area contributed by atoms with E-state index in [0.29, 0.717) is 17.5 Å². The summed E-state index contributed by atoms with van der Waals surface area (Å²) in [6.07, 6.45) is -1.37. The van der Waals surface area contributed by atoms with Crippen LogP contribution in [0.4, 0.5) is 13.6 Å². The predicted molar refractivity (Wildman–Crippen MR) is 172 cm³/mol. The number of hydrogen-bond donors (Lipinski definition) is 0. The Bertz CT molecular complexity index is 1680. The van der Waals surface area contributed by atoms with Gasteiger partial charge in [0.2, 0.25) is 0 Å². The molecule has 1 heterocycles. The zero-order valence-electron chi connectivity index (χ0n) is 26.1. The minimum Gasteiger partial charge on any atom is -0.453 e. The molecule has 1 amide bonds. The highest BCUT2D eigenvalue weighted by Gasteiger charge is 2.56. The van der Waals surface area contributed by atoms with Crippen molar-refractivity contribution in [2.45, 2.75) is 44.2 Å². The molecule has 0 aromatic heterocycles. The highest BCUT2D eigenvalue weighted by molar-refractivity contribution is 7.54. The van der Waals surface area contributed by atoms with E-state index in [1.54, 1.807) is 0 Å². The van der Waals surface area contributed by atoms with Crippen molar-refractivity contribution in [1.29, 1.82) is 0 Å². The number of cyclic esters (lactones) is 1. The summed E-state index contributed by atoms with van der Waals surface area (Å²) in [5, 5.41) is 0. The Labute approximate surface area is 272 Å². The molecule has 1 saturated heterocycles. The number of rotatable bonds is 12. The number of halogens is 2. The smallest absolute Gasteiger partial charge is 0.411 e. The molecular formula is C36H36F2NO7P. The molecule has 1 fully saturated rings. The highest BCUT2D eigenvalue weighted by Crippen LogP contribution is 2.66. The van der Waals surface area contributed by atoms with Gasteiger partial charge >= 0.3 is 25.3 Å². The van der Waals surface area contributed by atoms with Crippen molar-refractivity contribution in [3.63, 3.8) is 0 Å². The standard InChI is InChI=1S/C36H36F2NO7P/c1-3-44-47(42,45-4-2)36(37,38)31-22-20-28(21-23-31)26-43-34(41)39-25-32(40)46-33(29-16-10-6-11-17-29)35(39,30-18-12-7-13-19-30)24-27-14-8-5-9-15-27/h5-23,33H,3-4,24-26H2,1-2H3/t33-,35+/m1/s1. The first kappa shape index (κ1) is 34.0. The van der Waals surface area contributed by atoms with Crippen molar-refractivity contribution >= 4 is 19.7 Å². The lowest BCUT2D eigenvalue weighted by molar-refractivity contribution is -0.177. The number of alkyl halides is 2. The van der Waals surface area contributed by atoms with Crippen molar-refractivity contribution in [1.82, 2.24) is 4.90 Å². The number of hydrogen-bond acceptors (Lipinski definition) is 7. The Morgan fingerprint density at radius 2 is 1.40 bits per heavy atom. The van der Waals surface area contributed by atoms with Gasteiger partial charge in [0.05, 0.1) is 13.2 Å². The first-order chi connectivity index (χ1) is 22.6. The molecule has 0 aliphatic carbocycles. The second-order valence-corrected chi connectivity index (χ2v) is 13.0. The molecule has 11 heteroatoms. The van der Waals surface area contributed by atoms with Crippen molar-refractivity contribution in [3.05, 3.63) is 143 Å². The lowest BCUT2D eigenvalue weighted by Crippen LogP contribution is -2.60. The van der Waals surface area contributed by atoms with Crippen LogP contribution in [0.1, 0.15) is 47.8 Å². The van der Waals surface area contributed by atoms with E-state index in [-0.39, 0.29) is 26.4 Å². The molecule has 0 unspecified atom stereocenters. The second-order valence-electron chi connectivity index (χ2n) is 10.9. The maximum Gasteiger partial charge on any atom is 0.411 e. The van der Waals surface area contributed by atoms with Gasteiger partial charge in [-0.15, -0.1) is 0 Å². The van der Waals surface area contributed by atoms with Crippen LogP contribution in [-0.2, 0) is 52.1 Å². The Kier molecular flexibility index (Phi) is 10.5. The first-order valence-corrected chi connectivity index (χ1v) is 16.8. The number of esters is 1. The molecule has 2 atom stereocenters. The Morgan fingerprint density at radius 3 is 1.98 bits per heavy atom. The topological polar surface area (TPSA) is 91.4 Å². The SMILES string of the molecule is CCOP(=O)(OCC)C(F)(F)c1ccc(COC(=O)N2CC(=O)O[C@H](c3ccccc3)[C@]2(Cc2ccccc2)c2ccccc2)cc1. The van der Waals surface area contributed by atoms with Crippen molar-refractivity contribution in [3.8, 4) is 0 Å². The molecular weight excluding hydrogens is 627 g/mol. The van der Waals surface area contributed by atoms with Crippen LogP contribution in [0.3, 0.4) is 0 Å². The molecule has 4 aromatic carbocycles. The summed E-state index contributed by atoms with van der Waals surface area (Å²) < 4.78 is 65.0. The number of morpholine rings is 1. The molecule has 0 spiro atoms. The van der Waals surface area contributed by atoms with Gasteiger partial charge in [-0.25, -0.2) is 4.79 Å². The van der Waals surface area contributed by atoms with E-state index in [2.05, 4.69) is 0 Å². The lowest BCUT2D eigenvalue weighted by atomic mass is 9.74. The van der Waals surface area contributed by atoms with Gasteiger partial charge in [-0.2, -0.15) is 8.78 Å². The molecule has 1 aliphatic heterocycles. The summed E-state index contributed by atoms with van der Waals surface area (Å²) in [6, 6.07) is 33.1. The number of benzene rings is 4. The average Bonchev–Trinajstić information content (AvgIpc) is 3.09. The third kappa shape index (κ3) is 7.00. The maximum absolute atomic E-state index is 15.3. The summed E-state index contributed by atoms with van der Waals surface area (Å²) in [5.41, 5.74) is -2.93.